The molecule has 0 unspecified atom stereocenters. The molecule has 0 aliphatic rings. The molecule has 1 N–H and O–H groups in total. The zero-order chi connectivity index (χ0) is 19.6. The summed E-state index contributed by atoms with van der Waals surface area (Å²) in [5, 5.41) is 2.20. The van der Waals surface area contributed by atoms with E-state index in [1.54, 1.807) is 0 Å². The maximum Gasteiger partial charge on any atom is 0.400 e. The third kappa shape index (κ3) is 4.43. The number of carbonyl (C=O) groups excluding carboxylic acids is 1. The third-order valence-electron chi connectivity index (χ3n) is 3.50. The second-order valence-electron chi connectivity index (χ2n) is 5.40. The Kier molecular flexibility index (Phi) is 5.13. The molecule has 0 amide bonds. The van der Waals surface area contributed by atoms with Crippen LogP contribution < -0.4 is 5.32 Å². The van der Waals surface area contributed by atoms with E-state index < -0.39 is 22.9 Å². The van der Waals surface area contributed by atoms with Gasteiger partial charge in [0.05, 0.1) is 12.2 Å². The number of benzene rings is 2. The summed E-state index contributed by atoms with van der Waals surface area (Å²) in [5.74, 6) is -3.06. The number of nitrogens with zero attached hydrogens (tertiary/aromatic N) is 2. The minimum absolute atomic E-state index is 0.0114. The Morgan fingerprint density at radius 2 is 1.85 bits per heavy atom. The van der Waals surface area contributed by atoms with Gasteiger partial charge in [0, 0.05) is 17.2 Å². The molecule has 0 spiro atoms. The van der Waals surface area contributed by atoms with E-state index in [2.05, 4.69) is 20.0 Å². The first-order valence-electron chi connectivity index (χ1n) is 7.47. The van der Waals surface area contributed by atoms with Gasteiger partial charge in [0.2, 0.25) is 5.82 Å². The number of anilines is 1. The quantitative estimate of drug-likeness (QED) is 0.373. The van der Waals surface area contributed by atoms with Crippen LogP contribution in [0.2, 0.25) is 0 Å². The molecule has 2 aromatic carbocycles. The van der Waals surface area contributed by atoms with Crippen molar-refractivity contribution in [2.45, 2.75) is 5.38 Å². The highest BCUT2D eigenvalue weighted by molar-refractivity contribution is 6.21. The zero-order valence-corrected chi connectivity index (χ0v) is 14.1. The van der Waals surface area contributed by atoms with Crippen LogP contribution in [0.5, 0.6) is 0 Å². The van der Waals surface area contributed by atoms with Crippen molar-refractivity contribution >= 4 is 23.1 Å². The molecule has 27 heavy (non-hydrogen) atoms. The number of ketones is 1. The molecule has 0 fully saturated rings. The molecule has 5 nitrogen and oxygen atoms in total. The van der Waals surface area contributed by atoms with E-state index in [4.69, 9.17) is 11.6 Å². The maximum atomic E-state index is 13.5. The largest absolute Gasteiger partial charge is 0.400 e. The molecule has 0 aliphatic carbocycles. The number of carbonyl (C=O) groups is 1. The third-order valence-corrected chi connectivity index (χ3v) is 3.67. The highest BCUT2D eigenvalue weighted by Crippen LogP contribution is 2.32. The van der Waals surface area contributed by atoms with Gasteiger partial charge in [0.1, 0.15) is 11.6 Å². The van der Waals surface area contributed by atoms with Gasteiger partial charge >= 0.3 is 11.3 Å². The number of alkyl halides is 3. The standard InChI is InChI=1S/C17H10ClF4N3O2/c18-17(21,22)16-24-15(25-27-16)10-3-1-9(2-4-10)14(26)8-23-13-6-5-11(19)7-12(13)20/h1-7,23H,8H2. The van der Waals surface area contributed by atoms with Crippen molar-refractivity contribution in [3.8, 4) is 11.4 Å². The lowest BCUT2D eigenvalue weighted by Crippen LogP contribution is -2.14. The smallest absolute Gasteiger partial charge is 0.375 e. The molecule has 3 aromatic rings. The fourth-order valence-electron chi connectivity index (χ4n) is 2.17. The number of hydrogen-bond acceptors (Lipinski definition) is 5. The molecule has 1 aromatic heterocycles. The zero-order valence-electron chi connectivity index (χ0n) is 13.3. The molecule has 0 saturated heterocycles. The van der Waals surface area contributed by atoms with Crippen LogP contribution in [0.4, 0.5) is 23.2 Å². The summed E-state index contributed by atoms with van der Waals surface area (Å²) in [6, 6.07) is 8.67. The van der Waals surface area contributed by atoms with Gasteiger partial charge in [0.15, 0.2) is 5.78 Å². The molecule has 140 valence electrons. The van der Waals surface area contributed by atoms with Gasteiger partial charge in [-0.1, -0.05) is 29.4 Å². The molecule has 10 heteroatoms. The monoisotopic (exact) mass is 399 g/mol. The molecule has 0 bridgehead atoms. The van der Waals surface area contributed by atoms with Crippen LogP contribution >= 0.6 is 11.6 Å². The number of halogens is 5. The van der Waals surface area contributed by atoms with Crippen LogP contribution in [0.1, 0.15) is 16.2 Å². The Bertz CT molecular complexity index is 971. The van der Waals surface area contributed by atoms with E-state index in [-0.39, 0.29) is 29.4 Å². The van der Waals surface area contributed by atoms with E-state index in [9.17, 15) is 22.4 Å². The average Bonchev–Trinajstić information content (AvgIpc) is 3.11. The first kappa shape index (κ1) is 18.8. The van der Waals surface area contributed by atoms with Crippen LogP contribution in [-0.2, 0) is 5.38 Å². The lowest BCUT2D eigenvalue weighted by Gasteiger charge is -2.07. The van der Waals surface area contributed by atoms with Crippen LogP contribution in [0, 0.1) is 11.6 Å². The van der Waals surface area contributed by atoms with Crippen molar-refractivity contribution < 1.29 is 26.9 Å². The summed E-state index contributed by atoms with van der Waals surface area (Å²) < 4.78 is 56.6. The number of hydrogen-bond donors (Lipinski definition) is 1. The van der Waals surface area contributed by atoms with Crippen molar-refractivity contribution in [3.05, 3.63) is 65.6 Å². The van der Waals surface area contributed by atoms with Crippen LogP contribution in [0.15, 0.2) is 47.0 Å². The molecule has 0 radical (unpaired) electrons. The van der Waals surface area contributed by atoms with E-state index >= 15 is 0 Å². The average molecular weight is 400 g/mol. The van der Waals surface area contributed by atoms with E-state index in [0.717, 1.165) is 6.07 Å². The Labute approximate surface area is 155 Å². The normalized spacial score (nSPS) is 11.4. The molecule has 1 heterocycles. The lowest BCUT2D eigenvalue weighted by molar-refractivity contribution is 0.0551. The second kappa shape index (κ2) is 7.36. The van der Waals surface area contributed by atoms with Gasteiger partial charge in [-0.25, -0.2) is 8.78 Å². The molecular weight excluding hydrogens is 390 g/mol. The summed E-state index contributed by atoms with van der Waals surface area (Å²) >= 11 is 4.80. The Morgan fingerprint density at radius 3 is 2.44 bits per heavy atom. The van der Waals surface area contributed by atoms with Gasteiger partial charge in [-0.2, -0.15) is 13.8 Å². The summed E-state index contributed by atoms with van der Waals surface area (Å²) in [6.07, 6.45) is 0. The topological polar surface area (TPSA) is 68.0 Å². The molecule has 0 atom stereocenters. The maximum absolute atomic E-state index is 13.5. The summed E-state index contributed by atoms with van der Waals surface area (Å²) in [5.41, 5.74) is 0.600. The van der Waals surface area contributed by atoms with E-state index in [1.165, 1.54) is 30.3 Å². The summed E-state index contributed by atoms with van der Waals surface area (Å²) in [6.45, 7) is -0.229. The Balaban J connectivity index is 1.67. The highest BCUT2D eigenvalue weighted by Gasteiger charge is 2.35. The number of aromatic nitrogens is 2. The van der Waals surface area contributed by atoms with Crippen LogP contribution in [-0.4, -0.2) is 22.5 Å². The van der Waals surface area contributed by atoms with E-state index in [1.807, 2.05) is 0 Å². The number of nitrogens with one attached hydrogen (secondary N) is 1. The van der Waals surface area contributed by atoms with Gasteiger partial charge in [-0.15, -0.1) is 0 Å². The van der Waals surface area contributed by atoms with Crippen LogP contribution in [0.25, 0.3) is 11.4 Å². The SMILES string of the molecule is O=C(CNc1ccc(F)cc1F)c1ccc(-c2noc(C(F)(F)Cl)n2)cc1. The first-order chi connectivity index (χ1) is 12.7. The number of rotatable bonds is 6. The van der Waals surface area contributed by atoms with Gasteiger partial charge in [-0.05, 0) is 23.7 Å². The fourth-order valence-corrected chi connectivity index (χ4v) is 2.25. The predicted molar refractivity (Wildman–Crippen MR) is 88.7 cm³/mol. The minimum atomic E-state index is -3.78. The number of Topliss-reactive ketones (excluding diaryl/α,β-unsaturated/α-hetero) is 1. The van der Waals surface area contributed by atoms with Crippen molar-refractivity contribution in [1.29, 1.82) is 0 Å². The summed E-state index contributed by atoms with van der Waals surface area (Å²) in [7, 11) is 0. The van der Waals surface area contributed by atoms with Crippen LogP contribution in [0.3, 0.4) is 0 Å². The van der Waals surface area contributed by atoms with Crippen molar-refractivity contribution in [2.24, 2.45) is 0 Å². The first-order valence-corrected chi connectivity index (χ1v) is 7.85. The van der Waals surface area contributed by atoms with Crippen molar-refractivity contribution in [1.82, 2.24) is 10.1 Å². The minimum Gasteiger partial charge on any atom is -0.375 e. The second-order valence-corrected chi connectivity index (χ2v) is 5.87. The molecule has 3 rings (SSSR count). The molecule has 0 aliphatic heterocycles. The van der Waals surface area contributed by atoms with Gasteiger partial charge in [-0.3, -0.25) is 4.79 Å². The Morgan fingerprint density at radius 1 is 1.15 bits per heavy atom. The fraction of sp³-hybridized carbons (Fsp3) is 0.118. The van der Waals surface area contributed by atoms with Crippen molar-refractivity contribution in [2.75, 3.05) is 11.9 Å². The van der Waals surface area contributed by atoms with Crippen molar-refractivity contribution in [3.63, 3.8) is 0 Å². The van der Waals surface area contributed by atoms with Gasteiger partial charge < -0.3 is 9.84 Å². The van der Waals surface area contributed by atoms with Gasteiger partial charge in [0.25, 0.3) is 0 Å². The van der Waals surface area contributed by atoms with E-state index in [0.29, 0.717) is 11.6 Å². The Hall–Kier alpha value is -2.94. The lowest BCUT2D eigenvalue weighted by atomic mass is 10.1. The highest BCUT2D eigenvalue weighted by atomic mass is 35.5. The molecule has 0 saturated carbocycles. The summed E-state index contributed by atoms with van der Waals surface area (Å²) in [4.78, 5) is 15.6. The predicted octanol–water partition coefficient (Wildman–Crippen LogP) is 4.60. The molecular formula is C17H10ClF4N3O2.